The summed E-state index contributed by atoms with van der Waals surface area (Å²) < 4.78 is 40.8. The van der Waals surface area contributed by atoms with E-state index in [0.717, 1.165) is 23.6 Å². The minimum Gasteiger partial charge on any atom is -0.343 e. The van der Waals surface area contributed by atoms with E-state index in [1.54, 1.807) is 17.8 Å². The second-order valence-corrected chi connectivity index (χ2v) is 8.46. The monoisotopic (exact) mass is 466 g/mol. The van der Waals surface area contributed by atoms with Gasteiger partial charge in [-0.25, -0.2) is 9.97 Å². The molecule has 3 aromatic heterocycles. The van der Waals surface area contributed by atoms with Gasteiger partial charge in [-0.05, 0) is 39.3 Å². The van der Waals surface area contributed by atoms with Crippen LogP contribution < -0.4 is 10.6 Å². The summed E-state index contributed by atoms with van der Waals surface area (Å²) in [5.41, 5.74) is -0.519. The molecule has 8 nitrogen and oxygen atoms in total. The van der Waals surface area contributed by atoms with Crippen LogP contribution in [0.2, 0.25) is 0 Å². The van der Waals surface area contributed by atoms with E-state index in [1.165, 1.54) is 19.3 Å². The molecule has 3 rings (SSSR count). The summed E-state index contributed by atoms with van der Waals surface area (Å²) in [6, 6.07) is 0.407. The molecule has 1 atom stereocenters. The lowest BCUT2D eigenvalue weighted by Crippen LogP contribution is -2.26. The third-order valence-electron chi connectivity index (χ3n) is 4.51. The third kappa shape index (κ3) is 5.31. The van der Waals surface area contributed by atoms with Crippen LogP contribution in [-0.2, 0) is 6.18 Å². The molecule has 0 aliphatic rings. The Morgan fingerprint density at radius 3 is 2.44 bits per heavy atom. The molecule has 2 N–H and O–H groups in total. The molecule has 0 aliphatic carbocycles. The molecule has 0 spiro atoms. The smallest absolute Gasteiger partial charge is 0.343 e. The maximum Gasteiger partial charge on any atom is 0.416 e. The van der Waals surface area contributed by atoms with Crippen molar-refractivity contribution in [2.75, 3.05) is 5.32 Å². The Balaban J connectivity index is 1.67. The number of hydrogen-bond acceptors (Lipinski definition) is 6. The van der Waals surface area contributed by atoms with Crippen LogP contribution in [-0.4, -0.2) is 31.6 Å². The van der Waals surface area contributed by atoms with Gasteiger partial charge in [-0.3, -0.25) is 14.3 Å². The minimum atomic E-state index is -4.55. The molecule has 32 heavy (non-hydrogen) atoms. The van der Waals surface area contributed by atoms with Crippen LogP contribution in [0.3, 0.4) is 0 Å². The Morgan fingerprint density at radius 2 is 1.81 bits per heavy atom. The van der Waals surface area contributed by atoms with Gasteiger partial charge in [-0.2, -0.15) is 18.3 Å². The highest BCUT2D eigenvalue weighted by Gasteiger charge is 2.33. The lowest BCUT2D eigenvalue weighted by molar-refractivity contribution is -0.138. The molecule has 0 saturated carbocycles. The summed E-state index contributed by atoms with van der Waals surface area (Å²) in [4.78, 5) is 33.0. The summed E-state index contributed by atoms with van der Waals surface area (Å²) in [5.74, 6) is -1.20. The number of pyridine rings is 1. The average molecular weight is 466 g/mol. The highest BCUT2D eigenvalue weighted by atomic mass is 32.1. The number of aryl methyl sites for hydroxylation is 1. The summed E-state index contributed by atoms with van der Waals surface area (Å²) in [6.45, 7) is 6.88. The predicted molar refractivity (Wildman–Crippen MR) is 113 cm³/mol. The lowest BCUT2D eigenvalue weighted by atomic mass is 10.1. The van der Waals surface area contributed by atoms with E-state index in [-0.39, 0.29) is 28.2 Å². The van der Waals surface area contributed by atoms with Crippen LogP contribution in [0.15, 0.2) is 30.9 Å². The summed E-state index contributed by atoms with van der Waals surface area (Å²) in [5, 5.41) is 9.73. The van der Waals surface area contributed by atoms with Gasteiger partial charge in [0.2, 0.25) is 0 Å². The second-order valence-electron chi connectivity index (χ2n) is 7.40. The van der Waals surface area contributed by atoms with Crippen molar-refractivity contribution < 1.29 is 22.8 Å². The predicted octanol–water partition coefficient (Wildman–Crippen LogP) is 4.39. The summed E-state index contributed by atoms with van der Waals surface area (Å²) in [7, 11) is 0. The number of anilines is 1. The van der Waals surface area contributed by atoms with Crippen molar-refractivity contribution in [1.29, 1.82) is 0 Å². The van der Waals surface area contributed by atoms with Crippen molar-refractivity contribution in [1.82, 2.24) is 25.1 Å². The number of carbonyl (C=O) groups is 2. The van der Waals surface area contributed by atoms with Crippen molar-refractivity contribution in [2.24, 2.45) is 0 Å². The standard InChI is InChI=1S/C20H21F3N6O2S/c1-10(2)29-9-13(7-26-29)17(30)27-12(4)19-25-8-15(32-19)18(31)28-16-5-14(20(21,22)23)11(3)6-24-16/h5-10,12H,1-4H3,(H,27,30)(H,24,28,31)/t12-/m1/s1. The molecule has 0 saturated heterocycles. The van der Waals surface area contributed by atoms with Gasteiger partial charge >= 0.3 is 6.18 Å². The quantitative estimate of drug-likeness (QED) is 0.561. The molecule has 0 radical (unpaired) electrons. The van der Waals surface area contributed by atoms with Gasteiger partial charge < -0.3 is 10.6 Å². The maximum atomic E-state index is 13.1. The van der Waals surface area contributed by atoms with E-state index in [9.17, 15) is 22.8 Å². The highest BCUT2D eigenvalue weighted by Crippen LogP contribution is 2.32. The van der Waals surface area contributed by atoms with Crippen molar-refractivity contribution in [3.05, 3.63) is 57.4 Å². The van der Waals surface area contributed by atoms with Gasteiger partial charge in [0.25, 0.3) is 11.8 Å². The van der Waals surface area contributed by atoms with E-state index in [4.69, 9.17) is 0 Å². The van der Waals surface area contributed by atoms with E-state index in [1.807, 2.05) is 13.8 Å². The van der Waals surface area contributed by atoms with Crippen LogP contribution in [0.5, 0.6) is 0 Å². The number of aromatic nitrogens is 4. The largest absolute Gasteiger partial charge is 0.416 e. The number of nitrogens with zero attached hydrogens (tertiary/aromatic N) is 4. The van der Waals surface area contributed by atoms with Crippen LogP contribution in [0.25, 0.3) is 0 Å². The fourth-order valence-corrected chi connectivity index (χ4v) is 3.56. The van der Waals surface area contributed by atoms with Gasteiger partial charge in [0.05, 0.1) is 29.6 Å². The lowest BCUT2D eigenvalue weighted by Gasteiger charge is -2.11. The molecule has 170 valence electrons. The van der Waals surface area contributed by atoms with E-state index < -0.39 is 23.7 Å². The zero-order valence-corrected chi connectivity index (χ0v) is 18.5. The van der Waals surface area contributed by atoms with Crippen LogP contribution in [0, 0.1) is 6.92 Å². The van der Waals surface area contributed by atoms with Gasteiger partial charge in [0.15, 0.2) is 0 Å². The summed E-state index contributed by atoms with van der Waals surface area (Å²) >= 11 is 1.02. The van der Waals surface area contributed by atoms with Crippen molar-refractivity contribution in [2.45, 2.75) is 46.0 Å². The Bertz CT molecular complexity index is 1140. The minimum absolute atomic E-state index is 0.0425. The Labute approximate surface area is 185 Å². The normalized spacial score (nSPS) is 12.6. The molecule has 3 heterocycles. The number of alkyl halides is 3. The number of nitrogens with one attached hydrogen (secondary N) is 2. The molecule has 12 heteroatoms. The van der Waals surface area contributed by atoms with E-state index >= 15 is 0 Å². The first kappa shape index (κ1) is 23.4. The molecular formula is C20H21F3N6O2S. The van der Waals surface area contributed by atoms with Crippen LogP contribution in [0.1, 0.15) is 69.0 Å². The zero-order chi connectivity index (χ0) is 23.6. The first-order valence-corrected chi connectivity index (χ1v) is 10.4. The van der Waals surface area contributed by atoms with Crippen molar-refractivity contribution in [3.8, 4) is 0 Å². The highest BCUT2D eigenvalue weighted by molar-refractivity contribution is 7.13. The molecule has 0 aromatic carbocycles. The van der Waals surface area contributed by atoms with Gasteiger partial charge in [0.1, 0.15) is 15.7 Å². The van der Waals surface area contributed by atoms with E-state index in [2.05, 4.69) is 25.7 Å². The van der Waals surface area contributed by atoms with Crippen molar-refractivity contribution in [3.63, 3.8) is 0 Å². The molecule has 0 unspecified atom stereocenters. The number of amides is 2. The number of rotatable bonds is 6. The van der Waals surface area contributed by atoms with Gasteiger partial charge in [-0.15, -0.1) is 11.3 Å². The number of hydrogen-bond donors (Lipinski definition) is 2. The molecule has 0 aliphatic heterocycles. The molecule has 3 aromatic rings. The Hall–Kier alpha value is -3.28. The Kier molecular flexibility index (Phi) is 6.63. The number of thiazole rings is 1. The summed E-state index contributed by atoms with van der Waals surface area (Å²) in [6.07, 6.45) is 0.899. The molecule has 0 fully saturated rings. The van der Waals surface area contributed by atoms with Gasteiger partial charge in [-0.1, -0.05) is 0 Å². The molecule has 2 amide bonds. The fourth-order valence-electron chi connectivity index (χ4n) is 2.75. The first-order chi connectivity index (χ1) is 15.0. The zero-order valence-electron chi connectivity index (χ0n) is 17.7. The topological polar surface area (TPSA) is 102 Å². The molecular weight excluding hydrogens is 445 g/mol. The van der Waals surface area contributed by atoms with E-state index in [0.29, 0.717) is 10.6 Å². The van der Waals surface area contributed by atoms with Gasteiger partial charge in [0, 0.05) is 18.4 Å². The fraction of sp³-hybridized carbons (Fsp3) is 0.350. The van der Waals surface area contributed by atoms with Crippen LogP contribution in [0.4, 0.5) is 19.0 Å². The SMILES string of the molecule is Cc1cnc(NC(=O)c2cnc([C@@H](C)NC(=O)c3cnn(C(C)C)c3)s2)cc1C(F)(F)F. The first-order valence-electron chi connectivity index (χ1n) is 9.61. The molecule has 0 bridgehead atoms. The number of halogens is 3. The number of carbonyl (C=O) groups excluding carboxylic acids is 2. The van der Waals surface area contributed by atoms with Crippen LogP contribution >= 0.6 is 11.3 Å². The average Bonchev–Trinajstić information content (AvgIpc) is 3.38. The second kappa shape index (κ2) is 9.07. The maximum absolute atomic E-state index is 13.1. The Morgan fingerprint density at radius 1 is 1.09 bits per heavy atom. The third-order valence-corrected chi connectivity index (χ3v) is 5.69. The van der Waals surface area contributed by atoms with Crippen molar-refractivity contribution >= 4 is 29.0 Å².